The minimum Gasteiger partial charge on any atom is -0.756 e. The molecule has 0 rings (SSSR count). The Labute approximate surface area is 329 Å². The van der Waals surface area contributed by atoms with Gasteiger partial charge in [-0.15, -0.1) is 0 Å². The Bertz CT molecular complexity index is 863. The third kappa shape index (κ3) is 42.2. The highest BCUT2D eigenvalue weighted by molar-refractivity contribution is 7.45. The van der Waals surface area contributed by atoms with E-state index in [9.17, 15) is 14.3 Å². The lowest BCUT2D eigenvalue weighted by atomic mass is 10.0. The van der Waals surface area contributed by atoms with Crippen LogP contribution < -0.4 is 4.89 Å². The SMILES string of the molecule is CCCCCC/C=C\CCCCCCCC(=O)OC(COCCCCCCCCCCCCCCCCCCCC)COP(=O)([O-])OCC[N+](C)(C)C. The maximum absolute atomic E-state index is 12.6. The molecule has 0 aliphatic carbocycles. The molecule has 316 valence electrons. The Kier molecular flexibility index (Phi) is 37.6. The van der Waals surface area contributed by atoms with E-state index >= 15 is 0 Å². The molecule has 0 bridgehead atoms. The molecule has 0 spiro atoms. The van der Waals surface area contributed by atoms with Crippen molar-refractivity contribution < 1.29 is 37.3 Å². The van der Waals surface area contributed by atoms with Crippen LogP contribution in [-0.4, -0.2) is 70.7 Å². The van der Waals surface area contributed by atoms with Crippen molar-refractivity contribution in [1.29, 1.82) is 0 Å². The van der Waals surface area contributed by atoms with Crippen molar-refractivity contribution in [2.24, 2.45) is 0 Å². The maximum Gasteiger partial charge on any atom is 0.306 e. The lowest BCUT2D eigenvalue weighted by molar-refractivity contribution is -0.870. The molecule has 0 aliphatic rings. The minimum absolute atomic E-state index is 0.0277. The largest absolute Gasteiger partial charge is 0.756 e. The second kappa shape index (κ2) is 38.1. The fourth-order valence-electron chi connectivity index (χ4n) is 6.31. The van der Waals surface area contributed by atoms with Crippen molar-refractivity contribution in [3.05, 3.63) is 12.2 Å². The molecule has 0 aromatic heterocycles. The molecule has 2 atom stereocenters. The van der Waals surface area contributed by atoms with Crippen LogP contribution in [0.3, 0.4) is 0 Å². The Morgan fingerprint density at radius 1 is 0.566 bits per heavy atom. The lowest BCUT2D eigenvalue weighted by Gasteiger charge is -2.28. The van der Waals surface area contributed by atoms with Crippen molar-refractivity contribution in [1.82, 2.24) is 0 Å². The van der Waals surface area contributed by atoms with Gasteiger partial charge in [-0.3, -0.25) is 9.36 Å². The number of unbranched alkanes of at least 4 members (excludes halogenated alkanes) is 26. The topological polar surface area (TPSA) is 94.1 Å². The van der Waals surface area contributed by atoms with Crippen molar-refractivity contribution in [3.63, 3.8) is 0 Å². The zero-order chi connectivity index (χ0) is 39.1. The number of ether oxygens (including phenoxy) is 2. The van der Waals surface area contributed by atoms with Crippen LogP contribution in [-0.2, 0) is 27.9 Å². The molecule has 8 nitrogen and oxygen atoms in total. The number of carbonyl (C=O) groups is 1. The highest BCUT2D eigenvalue weighted by Gasteiger charge is 2.20. The summed E-state index contributed by atoms with van der Waals surface area (Å²) in [6.45, 7) is 5.42. The Morgan fingerprint density at radius 2 is 0.981 bits per heavy atom. The van der Waals surface area contributed by atoms with Crippen molar-refractivity contribution in [2.75, 3.05) is 54.1 Å². The molecule has 0 saturated carbocycles. The normalized spacial score (nSPS) is 13.8. The first-order valence-electron chi connectivity index (χ1n) is 22.4. The van der Waals surface area contributed by atoms with Crippen LogP contribution >= 0.6 is 7.82 Å². The van der Waals surface area contributed by atoms with Crippen LogP contribution in [0.1, 0.15) is 206 Å². The minimum atomic E-state index is -4.52. The van der Waals surface area contributed by atoms with E-state index in [-0.39, 0.29) is 25.8 Å². The van der Waals surface area contributed by atoms with Gasteiger partial charge in [-0.05, 0) is 38.5 Å². The van der Waals surface area contributed by atoms with Crippen molar-refractivity contribution in [2.45, 2.75) is 213 Å². The average Bonchev–Trinajstić information content (AvgIpc) is 3.11. The van der Waals surface area contributed by atoms with E-state index in [0.29, 0.717) is 24.1 Å². The number of hydrogen-bond donors (Lipinski definition) is 0. The fourth-order valence-corrected chi connectivity index (χ4v) is 7.03. The molecule has 0 heterocycles. The van der Waals surface area contributed by atoms with Gasteiger partial charge >= 0.3 is 5.97 Å². The quantitative estimate of drug-likeness (QED) is 0.0200. The van der Waals surface area contributed by atoms with Gasteiger partial charge in [0.15, 0.2) is 0 Å². The molecule has 0 radical (unpaired) electrons. The summed E-state index contributed by atoms with van der Waals surface area (Å²) in [6.07, 6.45) is 40.8. The standard InChI is InChI=1S/C44H88NO7P/c1-6-8-10-12-14-16-18-20-21-22-23-24-26-28-30-32-34-36-39-49-41-43(42-51-53(47,48)50-40-38-45(3,4)5)52-44(46)37-35-33-31-29-27-25-19-17-15-13-11-9-7-2/h17,19,43H,6-16,18,20-42H2,1-5H3/b19-17-. The second-order valence-corrected chi connectivity index (χ2v) is 17.8. The van der Waals surface area contributed by atoms with Crippen molar-refractivity contribution in [3.8, 4) is 0 Å². The van der Waals surface area contributed by atoms with Gasteiger partial charge in [-0.25, -0.2) is 0 Å². The number of likely N-dealkylation sites (N-methyl/N-ethyl adjacent to an activating group) is 1. The van der Waals surface area contributed by atoms with Crippen LogP contribution in [0.15, 0.2) is 12.2 Å². The summed E-state index contributed by atoms with van der Waals surface area (Å²) in [5, 5.41) is 0. The molecule has 0 saturated heterocycles. The number of hydrogen-bond acceptors (Lipinski definition) is 7. The first-order chi connectivity index (χ1) is 25.6. The third-order valence-electron chi connectivity index (χ3n) is 9.82. The highest BCUT2D eigenvalue weighted by atomic mass is 31.2. The van der Waals surface area contributed by atoms with Crippen LogP contribution in [0.4, 0.5) is 0 Å². The van der Waals surface area contributed by atoms with E-state index in [1.54, 1.807) is 0 Å². The van der Waals surface area contributed by atoms with Crippen LogP contribution in [0.25, 0.3) is 0 Å². The smallest absolute Gasteiger partial charge is 0.306 e. The lowest BCUT2D eigenvalue weighted by Crippen LogP contribution is -2.37. The Balaban J connectivity index is 4.17. The summed E-state index contributed by atoms with van der Waals surface area (Å²) in [7, 11) is 1.36. The number of nitrogens with zero attached hydrogens (tertiary/aromatic N) is 1. The van der Waals surface area contributed by atoms with E-state index < -0.39 is 13.9 Å². The predicted octanol–water partition coefficient (Wildman–Crippen LogP) is 12.4. The molecule has 2 unspecified atom stereocenters. The molecule has 53 heavy (non-hydrogen) atoms. The number of allylic oxidation sites excluding steroid dienone is 2. The van der Waals surface area contributed by atoms with Gasteiger partial charge in [0, 0.05) is 13.0 Å². The van der Waals surface area contributed by atoms with Crippen LogP contribution in [0.2, 0.25) is 0 Å². The monoisotopic (exact) mass is 774 g/mol. The van der Waals surface area contributed by atoms with E-state index in [2.05, 4.69) is 26.0 Å². The molecular weight excluding hydrogens is 685 g/mol. The number of quaternary nitrogens is 1. The highest BCUT2D eigenvalue weighted by Crippen LogP contribution is 2.38. The first kappa shape index (κ1) is 52.2. The molecule has 0 aliphatic heterocycles. The number of phosphoric acid groups is 1. The third-order valence-corrected chi connectivity index (χ3v) is 10.8. The van der Waals surface area contributed by atoms with E-state index in [1.807, 2.05) is 21.1 Å². The van der Waals surface area contributed by atoms with Crippen molar-refractivity contribution >= 4 is 13.8 Å². The molecule has 0 fully saturated rings. The predicted molar refractivity (Wildman–Crippen MR) is 222 cm³/mol. The summed E-state index contributed by atoms with van der Waals surface area (Å²) in [4.78, 5) is 25.0. The Hall–Kier alpha value is -0.760. The summed E-state index contributed by atoms with van der Waals surface area (Å²) >= 11 is 0. The Morgan fingerprint density at radius 3 is 1.45 bits per heavy atom. The fraction of sp³-hybridized carbons (Fsp3) is 0.932. The van der Waals surface area contributed by atoms with Crippen LogP contribution in [0, 0.1) is 0 Å². The zero-order valence-electron chi connectivity index (χ0n) is 35.7. The summed E-state index contributed by atoms with van der Waals surface area (Å²) < 4.78 is 34.6. The molecular formula is C44H88NO7P. The van der Waals surface area contributed by atoms with Crippen LogP contribution in [0.5, 0.6) is 0 Å². The molecule has 0 N–H and O–H groups in total. The van der Waals surface area contributed by atoms with Gasteiger partial charge < -0.3 is 27.9 Å². The van der Waals surface area contributed by atoms with Gasteiger partial charge in [-0.2, -0.15) is 0 Å². The van der Waals surface area contributed by atoms with E-state index in [4.69, 9.17) is 18.5 Å². The van der Waals surface area contributed by atoms with E-state index in [1.165, 1.54) is 141 Å². The number of rotatable bonds is 42. The summed E-state index contributed by atoms with van der Waals surface area (Å²) in [5.41, 5.74) is 0. The van der Waals surface area contributed by atoms with Gasteiger partial charge in [0.05, 0.1) is 34.4 Å². The molecule has 9 heteroatoms. The first-order valence-corrected chi connectivity index (χ1v) is 23.9. The number of esters is 1. The van der Waals surface area contributed by atoms with Gasteiger partial charge in [-0.1, -0.05) is 174 Å². The summed E-state index contributed by atoms with van der Waals surface area (Å²) in [5.74, 6) is -0.340. The molecule has 0 amide bonds. The second-order valence-electron chi connectivity index (χ2n) is 16.4. The van der Waals surface area contributed by atoms with E-state index in [0.717, 1.165) is 44.9 Å². The average molecular weight is 774 g/mol. The molecule has 0 aromatic carbocycles. The number of phosphoric ester groups is 1. The van der Waals surface area contributed by atoms with Gasteiger partial charge in [0.2, 0.25) is 0 Å². The van der Waals surface area contributed by atoms with Gasteiger partial charge in [0.25, 0.3) is 7.82 Å². The number of carbonyl (C=O) groups excluding carboxylic acids is 1. The van der Waals surface area contributed by atoms with Gasteiger partial charge in [0.1, 0.15) is 19.3 Å². The summed E-state index contributed by atoms with van der Waals surface area (Å²) in [6, 6.07) is 0. The molecule has 0 aromatic rings. The maximum atomic E-state index is 12.6. The zero-order valence-corrected chi connectivity index (χ0v) is 36.6.